The Kier molecular flexibility index (Phi) is 6.42. The minimum absolute atomic E-state index is 0.0174. The third-order valence-corrected chi connectivity index (χ3v) is 7.21. The van der Waals surface area contributed by atoms with Crippen molar-refractivity contribution < 1.29 is 13.2 Å². The third-order valence-electron chi connectivity index (χ3n) is 5.76. The number of carbonyl (C=O) groups is 1. The second-order valence-corrected chi connectivity index (χ2v) is 9.69. The molecule has 0 radical (unpaired) electrons. The van der Waals surface area contributed by atoms with Crippen molar-refractivity contribution >= 4 is 21.6 Å². The molecule has 27 heavy (non-hydrogen) atoms. The van der Waals surface area contributed by atoms with Crippen LogP contribution >= 0.6 is 0 Å². The smallest absolute Gasteiger partial charge is 0.256 e. The predicted molar refractivity (Wildman–Crippen MR) is 109 cm³/mol. The average Bonchev–Trinajstić information content (AvgIpc) is 2.68. The van der Waals surface area contributed by atoms with E-state index in [1.54, 1.807) is 6.92 Å². The largest absolute Gasteiger partial charge is 0.371 e. The molecule has 2 fully saturated rings. The number of piperidine rings is 2. The second-order valence-electron chi connectivity index (χ2n) is 7.64. The van der Waals surface area contributed by atoms with Gasteiger partial charge in [-0.25, -0.2) is 13.1 Å². The van der Waals surface area contributed by atoms with E-state index >= 15 is 0 Å². The van der Waals surface area contributed by atoms with Gasteiger partial charge in [0.1, 0.15) is 0 Å². The fraction of sp³-hybridized carbons (Fsp3) is 0.650. The van der Waals surface area contributed by atoms with E-state index in [2.05, 4.69) is 16.5 Å². The number of amides is 1. The standard InChI is InChI=1S/C20H31N3O3S/c1-3-27(25,26)21-17-11-14-22(15-12-17)19-10-5-4-9-18(19)20(24)23-13-7-6-8-16(23)2/h4-5,9-10,16-17,21H,3,6-8,11-15H2,1-2H3. The number of para-hydroxylation sites is 1. The number of rotatable bonds is 5. The lowest BCUT2D eigenvalue weighted by molar-refractivity contribution is 0.0636. The molecule has 1 amide bonds. The summed E-state index contributed by atoms with van der Waals surface area (Å²) in [5.74, 6) is 0.227. The van der Waals surface area contributed by atoms with Crippen LogP contribution in [-0.2, 0) is 10.0 Å². The lowest BCUT2D eigenvalue weighted by atomic mass is 10.00. The molecule has 3 rings (SSSR count). The van der Waals surface area contributed by atoms with Crippen molar-refractivity contribution in [3.8, 4) is 0 Å². The second kappa shape index (κ2) is 8.61. The van der Waals surface area contributed by atoms with Crippen molar-refractivity contribution in [2.24, 2.45) is 0 Å². The van der Waals surface area contributed by atoms with E-state index in [4.69, 9.17) is 0 Å². The van der Waals surface area contributed by atoms with E-state index in [0.29, 0.717) is 0 Å². The maximum atomic E-state index is 13.2. The Morgan fingerprint density at radius 1 is 1.11 bits per heavy atom. The van der Waals surface area contributed by atoms with Gasteiger partial charge in [-0.2, -0.15) is 0 Å². The molecule has 1 aromatic carbocycles. The first-order chi connectivity index (χ1) is 12.9. The quantitative estimate of drug-likeness (QED) is 0.835. The maximum absolute atomic E-state index is 13.2. The van der Waals surface area contributed by atoms with Crippen LogP contribution in [0.15, 0.2) is 24.3 Å². The molecule has 0 saturated carbocycles. The monoisotopic (exact) mass is 393 g/mol. The molecule has 0 aliphatic carbocycles. The number of nitrogens with one attached hydrogen (secondary N) is 1. The lowest BCUT2D eigenvalue weighted by Gasteiger charge is -2.37. The maximum Gasteiger partial charge on any atom is 0.256 e. The summed E-state index contributed by atoms with van der Waals surface area (Å²) in [6.45, 7) is 6.11. The van der Waals surface area contributed by atoms with Gasteiger partial charge in [0.15, 0.2) is 0 Å². The van der Waals surface area contributed by atoms with Crippen LogP contribution in [0.1, 0.15) is 56.3 Å². The van der Waals surface area contributed by atoms with E-state index in [9.17, 15) is 13.2 Å². The summed E-state index contributed by atoms with van der Waals surface area (Å²) in [5, 5.41) is 0. The molecule has 2 heterocycles. The number of benzene rings is 1. The van der Waals surface area contributed by atoms with Gasteiger partial charge in [0.05, 0.1) is 11.3 Å². The third kappa shape index (κ3) is 4.82. The molecule has 2 aliphatic rings. The lowest BCUT2D eigenvalue weighted by Crippen LogP contribution is -2.46. The first-order valence-electron chi connectivity index (χ1n) is 10.1. The van der Waals surface area contributed by atoms with Crippen LogP contribution in [0.3, 0.4) is 0 Å². The van der Waals surface area contributed by atoms with Crippen LogP contribution in [0, 0.1) is 0 Å². The van der Waals surface area contributed by atoms with E-state index < -0.39 is 10.0 Å². The Hall–Kier alpha value is -1.60. The molecule has 150 valence electrons. The summed E-state index contributed by atoms with van der Waals surface area (Å²) in [6.07, 6.45) is 4.83. The highest BCUT2D eigenvalue weighted by molar-refractivity contribution is 7.89. The molecule has 6 nitrogen and oxygen atoms in total. The van der Waals surface area contributed by atoms with Crippen molar-refractivity contribution in [1.29, 1.82) is 0 Å². The number of anilines is 1. The zero-order chi connectivity index (χ0) is 19.4. The van der Waals surface area contributed by atoms with E-state index in [1.165, 1.54) is 6.42 Å². The SMILES string of the molecule is CCS(=O)(=O)NC1CCN(c2ccccc2C(=O)N2CCCCC2C)CC1. The summed E-state index contributed by atoms with van der Waals surface area (Å²) in [6, 6.07) is 8.10. The van der Waals surface area contributed by atoms with Gasteiger partial charge < -0.3 is 9.80 Å². The zero-order valence-electron chi connectivity index (χ0n) is 16.4. The van der Waals surface area contributed by atoms with Crippen molar-refractivity contribution in [3.63, 3.8) is 0 Å². The number of hydrogen-bond donors (Lipinski definition) is 1. The number of carbonyl (C=O) groups excluding carboxylic acids is 1. The van der Waals surface area contributed by atoms with Gasteiger partial charge >= 0.3 is 0 Å². The van der Waals surface area contributed by atoms with Gasteiger partial charge in [-0.3, -0.25) is 4.79 Å². The van der Waals surface area contributed by atoms with Crippen molar-refractivity contribution in [2.45, 2.75) is 58.0 Å². The number of hydrogen-bond acceptors (Lipinski definition) is 4. The van der Waals surface area contributed by atoms with Crippen molar-refractivity contribution in [3.05, 3.63) is 29.8 Å². The van der Waals surface area contributed by atoms with Crippen LogP contribution in [0.25, 0.3) is 0 Å². The minimum Gasteiger partial charge on any atom is -0.371 e. The highest BCUT2D eigenvalue weighted by Gasteiger charge is 2.29. The average molecular weight is 394 g/mol. The predicted octanol–water partition coefficient (Wildman–Crippen LogP) is 2.61. The van der Waals surface area contributed by atoms with Crippen LogP contribution in [0.4, 0.5) is 5.69 Å². The van der Waals surface area contributed by atoms with Crippen molar-refractivity contribution in [1.82, 2.24) is 9.62 Å². The molecule has 1 unspecified atom stereocenters. The molecule has 0 bridgehead atoms. The Bertz CT molecular complexity index is 757. The summed E-state index contributed by atoms with van der Waals surface area (Å²) in [4.78, 5) is 17.4. The first-order valence-corrected chi connectivity index (χ1v) is 11.7. The van der Waals surface area contributed by atoms with Crippen LogP contribution in [0.2, 0.25) is 0 Å². The Labute approximate surface area is 163 Å². The number of likely N-dealkylation sites (tertiary alicyclic amines) is 1. The van der Waals surface area contributed by atoms with E-state index in [1.807, 2.05) is 29.2 Å². The molecule has 7 heteroatoms. The van der Waals surface area contributed by atoms with Gasteiger partial charge in [-0.1, -0.05) is 12.1 Å². The molecule has 2 aliphatic heterocycles. The summed E-state index contributed by atoms with van der Waals surface area (Å²) >= 11 is 0. The van der Waals surface area contributed by atoms with E-state index in [0.717, 1.165) is 56.6 Å². The first kappa shape index (κ1) is 20.1. The summed E-state index contributed by atoms with van der Waals surface area (Å²) < 4.78 is 26.4. The molecule has 0 spiro atoms. The fourth-order valence-electron chi connectivity index (χ4n) is 4.06. The molecule has 0 aromatic heterocycles. The Morgan fingerprint density at radius 3 is 2.48 bits per heavy atom. The molecular weight excluding hydrogens is 362 g/mol. The van der Waals surface area contributed by atoms with Gasteiger partial charge in [-0.15, -0.1) is 0 Å². The minimum atomic E-state index is -3.17. The van der Waals surface area contributed by atoms with Gasteiger partial charge in [0.2, 0.25) is 10.0 Å². The van der Waals surface area contributed by atoms with Gasteiger partial charge in [-0.05, 0) is 58.1 Å². The summed E-state index contributed by atoms with van der Waals surface area (Å²) in [7, 11) is -3.17. The number of sulfonamides is 1. The molecule has 1 aromatic rings. The zero-order valence-corrected chi connectivity index (χ0v) is 17.2. The molecule has 2 saturated heterocycles. The highest BCUT2D eigenvalue weighted by atomic mass is 32.2. The molecule has 1 atom stereocenters. The van der Waals surface area contributed by atoms with Crippen LogP contribution in [0.5, 0.6) is 0 Å². The molecular formula is C20H31N3O3S. The van der Waals surface area contributed by atoms with Crippen molar-refractivity contribution in [2.75, 3.05) is 30.3 Å². The normalized spacial score (nSPS) is 22.1. The van der Waals surface area contributed by atoms with Crippen LogP contribution in [-0.4, -0.2) is 56.7 Å². The van der Waals surface area contributed by atoms with Crippen LogP contribution < -0.4 is 9.62 Å². The van der Waals surface area contributed by atoms with E-state index in [-0.39, 0.29) is 23.7 Å². The number of nitrogens with zero attached hydrogens (tertiary/aromatic N) is 2. The Balaban J connectivity index is 1.71. The fourth-order valence-corrected chi connectivity index (χ4v) is 4.97. The van der Waals surface area contributed by atoms with Gasteiger partial charge in [0.25, 0.3) is 5.91 Å². The molecule has 1 N–H and O–H groups in total. The van der Waals surface area contributed by atoms with Gasteiger partial charge in [0, 0.05) is 37.4 Å². The Morgan fingerprint density at radius 2 is 1.81 bits per heavy atom. The topological polar surface area (TPSA) is 69.7 Å². The summed E-state index contributed by atoms with van der Waals surface area (Å²) in [5.41, 5.74) is 1.73. The highest BCUT2D eigenvalue weighted by Crippen LogP contribution is 2.28.